The Morgan fingerprint density at radius 1 is 1.20 bits per heavy atom. The van der Waals surface area contributed by atoms with E-state index in [2.05, 4.69) is 27.6 Å². The third kappa shape index (κ3) is 4.94. The van der Waals surface area contributed by atoms with Crippen LogP contribution in [-0.2, 0) is 25.9 Å². The fraction of sp³-hybridized carbons (Fsp3) is 0.318. The highest BCUT2D eigenvalue weighted by atomic mass is 19.1. The highest BCUT2D eigenvalue weighted by Gasteiger charge is 2.14. The number of aryl methyl sites for hydroxylation is 2. The largest absolute Gasteiger partial charge is 0.484 e. The Bertz CT molecular complexity index is 1020. The lowest BCUT2D eigenvalue weighted by Gasteiger charge is -2.17. The average Bonchev–Trinajstić information content (AvgIpc) is 3.41. The quantitative estimate of drug-likeness (QED) is 0.637. The Morgan fingerprint density at radius 3 is 2.83 bits per heavy atom. The van der Waals surface area contributed by atoms with Gasteiger partial charge in [0.1, 0.15) is 11.6 Å². The summed E-state index contributed by atoms with van der Waals surface area (Å²) in [5.74, 6) is 1.34. The lowest BCUT2D eigenvalue weighted by molar-refractivity contribution is 0.222. The minimum Gasteiger partial charge on any atom is -0.484 e. The summed E-state index contributed by atoms with van der Waals surface area (Å²) in [5.41, 5.74) is 3.27. The van der Waals surface area contributed by atoms with E-state index in [1.807, 2.05) is 6.07 Å². The Balaban J connectivity index is 1.24. The second-order valence-corrected chi connectivity index (χ2v) is 7.29. The number of hydrogen-bond donors (Lipinski definition) is 1. The van der Waals surface area contributed by atoms with E-state index in [0.717, 1.165) is 18.6 Å². The number of likely N-dealkylation sites (N-methyl/N-ethyl adjacent to an activating group) is 1. The second kappa shape index (κ2) is 8.94. The van der Waals surface area contributed by atoms with E-state index >= 15 is 0 Å². The number of nitrogens with zero attached hydrogens (tertiary/aromatic N) is 3. The van der Waals surface area contributed by atoms with Gasteiger partial charge in [-0.3, -0.25) is 0 Å². The molecule has 4 rings (SSSR count). The molecule has 2 amide bonds. The minimum absolute atomic E-state index is 0.201. The Morgan fingerprint density at radius 2 is 2.00 bits per heavy atom. The Hall–Kier alpha value is -3.42. The monoisotopic (exact) mass is 410 g/mol. The summed E-state index contributed by atoms with van der Waals surface area (Å²) in [4.78, 5) is 18.0. The minimum atomic E-state index is -0.352. The fourth-order valence-electron chi connectivity index (χ4n) is 3.35. The summed E-state index contributed by atoms with van der Waals surface area (Å²) >= 11 is 0. The van der Waals surface area contributed by atoms with Crippen molar-refractivity contribution in [3.05, 3.63) is 71.1 Å². The summed E-state index contributed by atoms with van der Waals surface area (Å²) in [7, 11) is 1.66. The van der Waals surface area contributed by atoms with Crippen LogP contribution in [0.5, 0.6) is 5.75 Å². The van der Waals surface area contributed by atoms with Gasteiger partial charge >= 0.3 is 6.03 Å². The molecular weight excluding hydrogens is 387 g/mol. The van der Waals surface area contributed by atoms with Crippen molar-refractivity contribution in [2.24, 2.45) is 0 Å². The van der Waals surface area contributed by atoms with Crippen molar-refractivity contribution in [2.75, 3.05) is 18.9 Å². The molecule has 1 N–H and O–H groups in total. The van der Waals surface area contributed by atoms with Gasteiger partial charge in [-0.05, 0) is 66.8 Å². The van der Waals surface area contributed by atoms with E-state index in [1.165, 1.54) is 46.7 Å². The second-order valence-electron chi connectivity index (χ2n) is 7.29. The third-order valence-electron chi connectivity index (χ3n) is 5.06. The number of ether oxygens (including phenoxy) is 1. The van der Waals surface area contributed by atoms with Gasteiger partial charge in [-0.15, -0.1) is 0 Å². The molecule has 1 aliphatic rings. The maximum atomic E-state index is 12.9. The first-order valence-corrected chi connectivity index (χ1v) is 9.90. The van der Waals surface area contributed by atoms with E-state index in [-0.39, 0.29) is 18.5 Å². The number of benzene rings is 2. The molecule has 0 atom stereocenters. The molecule has 0 bridgehead atoms. The lowest BCUT2D eigenvalue weighted by atomic mass is 10.1. The van der Waals surface area contributed by atoms with Crippen molar-refractivity contribution in [3.63, 3.8) is 0 Å². The first kappa shape index (κ1) is 19.9. The SMILES string of the molecule is CN(CCc1noc(COc2ccc3c(c2)CCC3)n1)C(=O)Nc1ccc(F)cc1. The summed E-state index contributed by atoms with van der Waals surface area (Å²) in [6.07, 6.45) is 3.87. The summed E-state index contributed by atoms with van der Waals surface area (Å²) in [5, 5.41) is 6.65. The van der Waals surface area contributed by atoms with Gasteiger partial charge in [0.2, 0.25) is 0 Å². The maximum Gasteiger partial charge on any atom is 0.321 e. The van der Waals surface area contributed by atoms with E-state index in [1.54, 1.807) is 7.05 Å². The van der Waals surface area contributed by atoms with Gasteiger partial charge in [-0.25, -0.2) is 9.18 Å². The molecule has 8 heteroatoms. The van der Waals surface area contributed by atoms with Crippen LogP contribution in [0.2, 0.25) is 0 Å². The predicted octanol–water partition coefficient (Wildman–Crippen LogP) is 3.98. The van der Waals surface area contributed by atoms with Gasteiger partial charge in [0.15, 0.2) is 12.4 Å². The van der Waals surface area contributed by atoms with Gasteiger partial charge in [-0.1, -0.05) is 11.2 Å². The standard InChI is InChI=1S/C22H23FN4O3/c1-27(22(28)24-18-8-6-17(23)7-9-18)12-11-20-25-21(30-26-20)14-29-19-10-5-15-3-2-4-16(15)13-19/h5-10,13H,2-4,11-12,14H2,1H3,(H,24,28). The van der Waals surface area contributed by atoms with Crippen molar-refractivity contribution < 1.29 is 18.4 Å². The zero-order valence-corrected chi connectivity index (χ0v) is 16.7. The molecule has 0 unspecified atom stereocenters. The molecule has 1 aromatic heterocycles. The van der Waals surface area contributed by atoms with E-state index in [4.69, 9.17) is 9.26 Å². The summed E-state index contributed by atoms with van der Waals surface area (Å²) < 4.78 is 24.0. The number of carbonyl (C=O) groups excluding carboxylic acids is 1. The van der Waals surface area contributed by atoms with Crippen molar-refractivity contribution in [1.29, 1.82) is 0 Å². The first-order chi connectivity index (χ1) is 14.6. The van der Waals surface area contributed by atoms with Crippen molar-refractivity contribution >= 4 is 11.7 Å². The van der Waals surface area contributed by atoms with Crippen LogP contribution >= 0.6 is 0 Å². The smallest absolute Gasteiger partial charge is 0.321 e. The van der Waals surface area contributed by atoms with Gasteiger partial charge in [0, 0.05) is 25.7 Å². The van der Waals surface area contributed by atoms with Crippen LogP contribution < -0.4 is 10.1 Å². The lowest BCUT2D eigenvalue weighted by Crippen LogP contribution is -2.33. The van der Waals surface area contributed by atoms with Crippen LogP contribution in [0.15, 0.2) is 47.0 Å². The number of anilines is 1. The molecule has 7 nitrogen and oxygen atoms in total. The molecule has 3 aromatic rings. The maximum absolute atomic E-state index is 12.9. The molecule has 1 heterocycles. The molecular formula is C22H23FN4O3. The summed E-state index contributed by atoms with van der Waals surface area (Å²) in [6, 6.07) is 11.5. The number of urea groups is 1. The molecule has 0 fully saturated rings. The molecule has 0 radical (unpaired) electrons. The topological polar surface area (TPSA) is 80.5 Å². The normalized spacial score (nSPS) is 12.5. The van der Waals surface area contributed by atoms with Crippen LogP contribution in [0.4, 0.5) is 14.9 Å². The number of hydrogen-bond acceptors (Lipinski definition) is 5. The number of halogens is 1. The number of rotatable bonds is 7. The van der Waals surface area contributed by atoms with Gasteiger partial charge < -0.3 is 19.5 Å². The Labute approximate surface area is 173 Å². The Kier molecular flexibility index (Phi) is 5.92. The number of fused-ring (bicyclic) bond motifs is 1. The number of nitrogens with one attached hydrogen (secondary N) is 1. The molecule has 30 heavy (non-hydrogen) atoms. The zero-order chi connectivity index (χ0) is 20.9. The first-order valence-electron chi connectivity index (χ1n) is 9.90. The molecule has 0 saturated heterocycles. The molecule has 2 aromatic carbocycles. The highest BCUT2D eigenvalue weighted by molar-refractivity contribution is 5.89. The number of aromatic nitrogens is 2. The van der Waals surface area contributed by atoms with Gasteiger partial charge in [0.25, 0.3) is 5.89 Å². The number of carbonyl (C=O) groups is 1. The van der Waals surface area contributed by atoms with Gasteiger partial charge in [-0.2, -0.15) is 4.98 Å². The molecule has 156 valence electrons. The summed E-state index contributed by atoms with van der Waals surface area (Å²) in [6.45, 7) is 0.602. The molecule has 0 aliphatic heterocycles. The average molecular weight is 410 g/mol. The van der Waals surface area contributed by atoms with E-state index in [9.17, 15) is 9.18 Å². The molecule has 0 spiro atoms. The zero-order valence-electron chi connectivity index (χ0n) is 16.7. The highest BCUT2D eigenvalue weighted by Crippen LogP contribution is 2.26. The van der Waals surface area contributed by atoms with E-state index < -0.39 is 0 Å². The van der Waals surface area contributed by atoms with Crippen LogP contribution in [0.25, 0.3) is 0 Å². The van der Waals surface area contributed by atoms with Crippen LogP contribution in [0.1, 0.15) is 29.3 Å². The van der Waals surface area contributed by atoms with Crippen LogP contribution in [0.3, 0.4) is 0 Å². The van der Waals surface area contributed by atoms with Crippen molar-refractivity contribution in [1.82, 2.24) is 15.0 Å². The molecule has 1 aliphatic carbocycles. The molecule has 0 saturated carbocycles. The van der Waals surface area contributed by atoms with E-state index in [0.29, 0.717) is 30.4 Å². The van der Waals surface area contributed by atoms with Crippen LogP contribution in [-0.4, -0.2) is 34.7 Å². The van der Waals surface area contributed by atoms with Crippen molar-refractivity contribution in [3.8, 4) is 5.75 Å². The van der Waals surface area contributed by atoms with Crippen molar-refractivity contribution in [2.45, 2.75) is 32.3 Å². The van der Waals surface area contributed by atoms with Crippen LogP contribution in [0, 0.1) is 5.82 Å². The predicted molar refractivity (Wildman–Crippen MR) is 109 cm³/mol. The fourth-order valence-corrected chi connectivity index (χ4v) is 3.35. The third-order valence-corrected chi connectivity index (χ3v) is 5.06. The number of amides is 2. The van der Waals surface area contributed by atoms with Gasteiger partial charge in [0.05, 0.1) is 0 Å².